The Morgan fingerprint density at radius 1 is 1.59 bits per heavy atom. The third kappa shape index (κ3) is 3.03. The van der Waals surface area contributed by atoms with E-state index < -0.39 is 23.1 Å². The van der Waals surface area contributed by atoms with Crippen molar-refractivity contribution in [1.29, 1.82) is 0 Å². The largest absolute Gasteiger partial charge is 0.480 e. The molecule has 94 valence electrons. The molecule has 1 rings (SSSR count). The minimum atomic E-state index is -2.82. The van der Waals surface area contributed by atoms with Crippen LogP contribution in [0.2, 0.25) is 5.15 Å². The van der Waals surface area contributed by atoms with Gasteiger partial charge in [0.25, 0.3) is 6.43 Å². The summed E-state index contributed by atoms with van der Waals surface area (Å²) in [4.78, 5) is 15.1. The van der Waals surface area contributed by atoms with E-state index in [-0.39, 0.29) is 18.1 Å². The minimum absolute atomic E-state index is 0.120. The van der Waals surface area contributed by atoms with Gasteiger partial charge in [-0.2, -0.15) is 0 Å². The highest BCUT2D eigenvalue weighted by molar-refractivity contribution is 6.30. The van der Waals surface area contributed by atoms with Gasteiger partial charge < -0.3 is 9.47 Å². The van der Waals surface area contributed by atoms with Gasteiger partial charge in [0.15, 0.2) is 0 Å². The molecule has 0 N–H and O–H groups in total. The zero-order chi connectivity index (χ0) is 13.0. The molecule has 1 aromatic rings. The molecule has 0 amide bonds. The molecule has 0 spiro atoms. The number of hydrogen-bond acceptors (Lipinski definition) is 4. The Morgan fingerprint density at radius 2 is 2.24 bits per heavy atom. The second kappa shape index (κ2) is 5.77. The number of carbonyl (C=O) groups excluding carboxylic acids is 1. The summed E-state index contributed by atoms with van der Waals surface area (Å²) < 4.78 is 34.6. The van der Waals surface area contributed by atoms with E-state index in [4.69, 9.17) is 21.1 Å². The first-order chi connectivity index (χ1) is 8.01. The highest BCUT2D eigenvalue weighted by Gasteiger charge is 2.22. The third-order valence-corrected chi connectivity index (χ3v) is 2.19. The number of nitrogens with zero attached hydrogens (tertiary/aromatic N) is 1. The van der Waals surface area contributed by atoms with Crippen molar-refractivity contribution in [3.63, 3.8) is 0 Å². The third-order valence-electron chi connectivity index (χ3n) is 1.89. The van der Waals surface area contributed by atoms with E-state index in [9.17, 15) is 13.6 Å². The molecule has 4 nitrogen and oxygen atoms in total. The first kappa shape index (κ1) is 13.6. The number of esters is 1. The van der Waals surface area contributed by atoms with E-state index in [1.165, 1.54) is 7.11 Å². The van der Waals surface area contributed by atoms with Crippen molar-refractivity contribution in [1.82, 2.24) is 4.98 Å². The van der Waals surface area contributed by atoms with Crippen LogP contribution in [0.15, 0.2) is 6.07 Å². The number of halogens is 3. The summed E-state index contributed by atoms with van der Waals surface area (Å²) in [5.41, 5.74) is -0.704. The number of hydrogen-bond donors (Lipinski definition) is 0. The summed E-state index contributed by atoms with van der Waals surface area (Å²) in [5.74, 6) is -0.923. The summed E-state index contributed by atoms with van der Waals surface area (Å²) in [6.45, 7) is 1.72. The Labute approximate surface area is 101 Å². The number of ether oxygens (including phenoxy) is 2. The quantitative estimate of drug-likeness (QED) is 0.620. The first-order valence-corrected chi connectivity index (χ1v) is 5.08. The van der Waals surface area contributed by atoms with E-state index in [1.807, 2.05) is 0 Å². The zero-order valence-electron chi connectivity index (χ0n) is 9.17. The van der Waals surface area contributed by atoms with Crippen molar-refractivity contribution in [3.8, 4) is 5.88 Å². The van der Waals surface area contributed by atoms with E-state index in [0.717, 1.165) is 6.07 Å². The Balaban J connectivity index is 3.26. The fourth-order valence-electron chi connectivity index (χ4n) is 1.15. The normalized spacial score (nSPS) is 10.5. The summed E-state index contributed by atoms with van der Waals surface area (Å²) in [7, 11) is 1.25. The minimum Gasteiger partial charge on any atom is -0.480 e. The fraction of sp³-hybridized carbons (Fsp3) is 0.400. The number of pyridine rings is 1. The summed E-state index contributed by atoms with van der Waals surface area (Å²) in [6.07, 6.45) is -2.82. The Morgan fingerprint density at radius 3 is 2.71 bits per heavy atom. The lowest BCUT2D eigenvalue weighted by atomic mass is 10.2. The lowest BCUT2D eigenvalue weighted by Crippen LogP contribution is -2.09. The van der Waals surface area contributed by atoms with Crippen LogP contribution < -0.4 is 4.74 Å². The van der Waals surface area contributed by atoms with Gasteiger partial charge in [-0.05, 0) is 13.0 Å². The molecule has 0 fully saturated rings. The maximum Gasteiger partial charge on any atom is 0.343 e. The van der Waals surface area contributed by atoms with Crippen molar-refractivity contribution in [2.24, 2.45) is 0 Å². The van der Waals surface area contributed by atoms with Gasteiger partial charge in [0, 0.05) is 0 Å². The van der Waals surface area contributed by atoms with Crippen LogP contribution in [0.3, 0.4) is 0 Å². The molecule has 1 aromatic heterocycles. The molecule has 0 aliphatic heterocycles. The number of aromatic nitrogens is 1. The molecular formula is C10H10ClF2NO3. The molecular weight excluding hydrogens is 256 g/mol. The summed E-state index contributed by atoms with van der Waals surface area (Å²) in [6, 6.07) is 0.927. The van der Waals surface area contributed by atoms with Crippen LogP contribution in [0.4, 0.5) is 8.78 Å². The van der Waals surface area contributed by atoms with Gasteiger partial charge in [0.2, 0.25) is 5.88 Å². The van der Waals surface area contributed by atoms with Crippen LogP contribution in [0, 0.1) is 0 Å². The van der Waals surface area contributed by atoms with E-state index in [1.54, 1.807) is 6.92 Å². The summed E-state index contributed by atoms with van der Waals surface area (Å²) in [5, 5.41) is -0.398. The number of carbonyl (C=O) groups is 1. The SMILES string of the molecule is CCOC(=O)c1cc(C(F)F)c(Cl)nc1OC. The average Bonchev–Trinajstić information content (AvgIpc) is 2.28. The molecule has 0 bridgehead atoms. The standard InChI is InChI=1S/C10H10ClF2NO3/c1-3-17-10(15)6-4-5(8(12)13)7(11)14-9(6)16-2/h4,8H,3H2,1-2H3. The predicted octanol–water partition coefficient (Wildman–Crippen LogP) is 2.86. The van der Waals surface area contributed by atoms with Gasteiger partial charge in [-0.1, -0.05) is 11.6 Å². The molecule has 0 saturated carbocycles. The number of alkyl halides is 2. The van der Waals surface area contributed by atoms with Gasteiger partial charge >= 0.3 is 5.97 Å². The highest BCUT2D eigenvalue weighted by atomic mass is 35.5. The molecule has 0 radical (unpaired) electrons. The Kier molecular flexibility index (Phi) is 4.62. The monoisotopic (exact) mass is 265 g/mol. The maximum absolute atomic E-state index is 12.6. The molecule has 0 unspecified atom stereocenters. The van der Waals surface area contributed by atoms with Gasteiger partial charge in [0.05, 0.1) is 19.3 Å². The first-order valence-electron chi connectivity index (χ1n) is 4.71. The van der Waals surface area contributed by atoms with Gasteiger partial charge in [-0.15, -0.1) is 0 Å². The van der Waals surface area contributed by atoms with Crippen molar-refractivity contribution >= 4 is 17.6 Å². The zero-order valence-corrected chi connectivity index (χ0v) is 9.92. The van der Waals surface area contributed by atoms with Gasteiger partial charge in [-0.3, -0.25) is 0 Å². The molecule has 17 heavy (non-hydrogen) atoms. The number of rotatable bonds is 4. The van der Waals surface area contributed by atoms with Crippen molar-refractivity contribution in [3.05, 3.63) is 22.3 Å². The van der Waals surface area contributed by atoms with Crippen LogP contribution in [0.5, 0.6) is 5.88 Å². The van der Waals surface area contributed by atoms with E-state index in [0.29, 0.717) is 0 Å². The molecule has 0 aliphatic carbocycles. The average molecular weight is 266 g/mol. The summed E-state index contributed by atoms with van der Waals surface area (Å²) >= 11 is 5.53. The molecule has 7 heteroatoms. The second-order valence-corrected chi connectivity index (χ2v) is 3.30. The van der Waals surface area contributed by atoms with Crippen LogP contribution in [0.1, 0.15) is 29.3 Å². The van der Waals surface area contributed by atoms with Crippen LogP contribution >= 0.6 is 11.6 Å². The van der Waals surface area contributed by atoms with Crippen molar-refractivity contribution < 1.29 is 23.0 Å². The Bertz CT molecular complexity index is 426. The van der Waals surface area contributed by atoms with Crippen molar-refractivity contribution in [2.75, 3.05) is 13.7 Å². The molecule has 1 heterocycles. The van der Waals surface area contributed by atoms with Crippen LogP contribution in [0.25, 0.3) is 0 Å². The lowest BCUT2D eigenvalue weighted by Gasteiger charge is -2.10. The predicted molar refractivity (Wildman–Crippen MR) is 56.7 cm³/mol. The van der Waals surface area contributed by atoms with Crippen LogP contribution in [-0.4, -0.2) is 24.7 Å². The smallest absolute Gasteiger partial charge is 0.343 e. The van der Waals surface area contributed by atoms with E-state index >= 15 is 0 Å². The highest BCUT2D eigenvalue weighted by Crippen LogP contribution is 2.30. The Hall–Kier alpha value is -1.43. The van der Waals surface area contributed by atoms with E-state index in [2.05, 4.69) is 4.98 Å². The van der Waals surface area contributed by atoms with Gasteiger partial charge in [-0.25, -0.2) is 18.6 Å². The number of methoxy groups -OCH3 is 1. The maximum atomic E-state index is 12.6. The molecule has 0 saturated heterocycles. The molecule has 0 aliphatic rings. The fourth-order valence-corrected chi connectivity index (χ4v) is 1.37. The topological polar surface area (TPSA) is 48.4 Å². The molecule has 0 atom stereocenters. The van der Waals surface area contributed by atoms with Gasteiger partial charge in [0.1, 0.15) is 10.7 Å². The van der Waals surface area contributed by atoms with Crippen molar-refractivity contribution in [2.45, 2.75) is 13.3 Å². The lowest BCUT2D eigenvalue weighted by molar-refractivity contribution is 0.0521. The van der Waals surface area contributed by atoms with Crippen LogP contribution in [-0.2, 0) is 4.74 Å². The second-order valence-electron chi connectivity index (χ2n) is 2.95. The molecule has 0 aromatic carbocycles.